The highest BCUT2D eigenvalue weighted by molar-refractivity contribution is 6.37. The molecule has 0 aliphatic rings. The molecule has 2 aromatic rings. The number of rotatable bonds is 8. The van der Waals surface area contributed by atoms with Crippen LogP contribution in [0.4, 0.5) is 0 Å². The Balaban J connectivity index is 2.00. The molecular weight excluding hydrogens is 348 g/mol. The van der Waals surface area contributed by atoms with Crippen LogP contribution in [0.2, 0.25) is 0 Å². The number of carbonyl (C=O) groups is 4. The van der Waals surface area contributed by atoms with Gasteiger partial charge in [-0.1, -0.05) is 0 Å². The molecule has 0 atom stereocenters. The van der Waals surface area contributed by atoms with Gasteiger partial charge in [-0.15, -0.1) is 0 Å². The minimum absolute atomic E-state index is 0.0626. The van der Waals surface area contributed by atoms with E-state index >= 15 is 0 Å². The zero-order valence-electron chi connectivity index (χ0n) is 14.5. The van der Waals surface area contributed by atoms with Crippen LogP contribution < -0.4 is 0 Å². The van der Waals surface area contributed by atoms with Crippen molar-refractivity contribution in [3.63, 3.8) is 0 Å². The number of nitrogens with one attached hydrogen (secondary N) is 1. The van der Waals surface area contributed by atoms with Crippen molar-refractivity contribution in [1.29, 1.82) is 5.26 Å². The molecule has 7 nitrogen and oxygen atoms in total. The zero-order valence-corrected chi connectivity index (χ0v) is 14.5. The lowest BCUT2D eigenvalue weighted by atomic mass is 10.0. The minimum Gasteiger partial charge on any atom is -0.460 e. The number of hydrogen-bond acceptors (Lipinski definition) is 6. The van der Waals surface area contributed by atoms with E-state index < -0.39 is 24.0 Å². The Morgan fingerprint density at radius 1 is 1.15 bits per heavy atom. The first-order valence-electron chi connectivity index (χ1n) is 8.08. The van der Waals surface area contributed by atoms with Gasteiger partial charge in [-0.2, -0.15) is 5.26 Å². The van der Waals surface area contributed by atoms with Crippen LogP contribution in [-0.2, 0) is 19.1 Å². The predicted octanol–water partition coefficient (Wildman–Crippen LogP) is 2.22. The molecule has 1 aromatic carbocycles. The Labute approximate surface area is 155 Å². The van der Waals surface area contributed by atoms with Crippen LogP contribution in [0.3, 0.4) is 0 Å². The fourth-order valence-electron chi connectivity index (χ4n) is 2.19. The number of nitriles is 1. The van der Waals surface area contributed by atoms with Gasteiger partial charge >= 0.3 is 5.97 Å². The monoisotopic (exact) mass is 364 g/mol. The molecule has 27 heavy (non-hydrogen) atoms. The average Bonchev–Trinajstić information content (AvgIpc) is 3.15. The number of carbonyl (C=O) groups excluding carboxylic acids is 4. The van der Waals surface area contributed by atoms with E-state index in [2.05, 4.69) is 9.72 Å². The first kappa shape index (κ1) is 19.5. The highest BCUT2D eigenvalue weighted by Gasteiger charge is 2.17. The van der Waals surface area contributed by atoms with Gasteiger partial charge in [-0.25, -0.2) is 4.79 Å². The van der Waals surface area contributed by atoms with Gasteiger partial charge in [0.25, 0.3) is 0 Å². The van der Waals surface area contributed by atoms with Gasteiger partial charge in [0.2, 0.25) is 5.78 Å². The third kappa shape index (κ3) is 5.34. The first-order valence-corrected chi connectivity index (χ1v) is 8.08. The highest BCUT2D eigenvalue weighted by Crippen LogP contribution is 2.13. The Morgan fingerprint density at radius 2 is 1.85 bits per heavy atom. The van der Waals surface area contributed by atoms with Crippen LogP contribution in [-0.4, -0.2) is 34.9 Å². The summed E-state index contributed by atoms with van der Waals surface area (Å²) in [6.45, 7) is 1.63. The average molecular weight is 364 g/mol. The summed E-state index contributed by atoms with van der Waals surface area (Å²) in [5.74, 6) is -2.73. The summed E-state index contributed by atoms with van der Waals surface area (Å²) in [7, 11) is 0. The summed E-state index contributed by atoms with van der Waals surface area (Å²) < 4.78 is 4.53. The Kier molecular flexibility index (Phi) is 6.55. The number of Topliss-reactive ketones (excluding diaryl/α,β-unsaturated/α-hetero) is 1. The van der Waals surface area contributed by atoms with Gasteiger partial charge in [-0.3, -0.25) is 14.4 Å². The van der Waals surface area contributed by atoms with Crippen molar-refractivity contribution in [2.45, 2.75) is 13.3 Å². The maximum absolute atomic E-state index is 12.4. The number of esters is 1. The quantitative estimate of drug-likeness (QED) is 0.252. The molecule has 0 amide bonds. The topological polar surface area (TPSA) is 117 Å². The molecule has 0 fully saturated rings. The molecule has 1 N–H and O–H groups in total. The number of hydrogen-bond donors (Lipinski definition) is 1. The van der Waals surface area contributed by atoms with Crippen molar-refractivity contribution >= 4 is 29.4 Å². The number of benzene rings is 1. The van der Waals surface area contributed by atoms with Gasteiger partial charge in [-0.05, 0) is 49.4 Å². The molecule has 0 aliphatic heterocycles. The molecule has 0 spiro atoms. The van der Waals surface area contributed by atoms with Crippen LogP contribution in [0, 0.1) is 11.3 Å². The van der Waals surface area contributed by atoms with E-state index in [1.165, 1.54) is 12.3 Å². The number of allylic oxidation sites excluding steroid dienone is 1. The van der Waals surface area contributed by atoms with E-state index in [4.69, 9.17) is 5.26 Å². The van der Waals surface area contributed by atoms with E-state index in [9.17, 15) is 19.2 Å². The normalized spacial score (nSPS) is 10.4. The van der Waals surface area contributed by atoms with Gasteiger partial charge in [0.15, 0.2) is 11.6 Å². The maximum Gasteiger partial charge on any atom is 0.375 e. The van der Waals surface area contributed by atoms with Crippen molar-refractivity contribution in [1.82, 2.24) is 4.98 Å². The number of aromatic nitrogens is 1. The standard InChI is InChI=1S/C20H16N2O5/c1-2-27-20(26)18(24)10-17(23)8-7-16-9-15(12-22-16)19(25)14-5-3-13(11-21)4-6-14/h3-9,12,22H,2,10H2,1H3/b8-7+. The molecule has 0 bridgehead atoms. The molecule has 0 aliphatic carbocycles. The number of aromatic amines is 1. The molecule has 7 heteroatoms. The highest BCUT2D eigenvalue weighted by atomic mass is 16.5. The van der Waals surface area contributed by atoms with Gasteiger partial charge < -0.3 is 9.72 Å². The number of nitrogens with zero attached hydrogens (tertiary/aromatic N) is 1. The predicted molar refractivity (Wildman–Crippen MR) is 95.7 cm³/mol. The van der Waals surface area contributed by atoms with Crippen molar-refractivity contribution in [2.75, 3.05) is 6.61 Å². The van der Waals surface area contributed by atoms with Crippen LogP contribution in [0.1, 0.15) is 40.5 Å². The number of H-pyrrole nitrogens is 1. The molecule has 136 valence electrons. The van der Waals surface area contributed by atoms with Crippen molar-refractivity contribution in [3.05, 3.63) is 65.0 Å². The Morgan fingerprint density at radius 3 is 2.48 bits per heavy atom. The van der Waals surface area contributed by atoms with Crippen LogP contribution >= 0.6 is 0 Å². The molecule has 0 saturated heterocycles. The van der Waals surface area contributed by atoms with Crippen LogP contribution in [0.5, 0.6) is 0 Å². The number of ketones is 3. The lowest BCUT2D eigenvalue weighted by Gasteiger charge is -1.98. The lowest BCUT2D eigenvalue weighted by Crippen LogP contribution is -2.19. The summed E-state index contributed by atoms with van der Waals surface area (Å²) >= 11 is 0. The van der Waals surface area contributed by atoms with Crippen molar-refractivity contribution < 1.29 is 23.9 Å². The molecule has 0 saturated carbocycles. The summed E-state index contributed by atoms with van der Waals surface area (Å²) in [4.78, 5) is 49.6. The van der Waals surface area contributed by atoms with Crippen LogP contribution in [0.15, 0.2) is 42.6 Å². The summed E-state index contributed by atoms with van der Waals surface area (Å²) in [6.07, 6.45) is 3.48. The second kappa shape index (κ2) is 9.06. The summed E-state index contributed by atoms with van der Waals surface area (Å²) in [5.41, 5.74) is 1.76. The zero-order chi connectivity index (χ0) is 19.8. The SMILES string of the molecule is CCOC(=O)C(=O)CC(=O)/C=C/c1cc(C(=O)c2ccc(C#N)cc2)c[nH]1. The fraction of sp³-hybridized carbons (Fsp3) is 0.150. The minimum atomic E-state index is -1.03. The van der Waals surface area contributed by atoms with E-state index in [-0.39, 0.29) is 12.4 Å². The Bertz CT molecular complexity index is 945. The van der Waals surface area contributed by atoms with E-state index in [0.29, 0.717) is 22.4 Å². The van der Waals surface area contributed by atoms with Crippen molar-refractivity contribution in [2.24, 2.45) is 0 Å². The van der Waals surface area contributed by atoms with Crippen molar-refractivity contribution in [3.8, 4) is 6.07 Å². The van der Waals surface area contributed by atoms with Gasteiger partial charge in [0.1, 0.15) is 0 Å². The van der Waals surface area contributed by atoms with E-state index in [1.807, 2.05) is 6.07 Å². The van der Waals surface area contributed by atoms with E-state index in [1.54, 1.807) is 37.3 Å². The smallest absolute Gasteiger partial charge is 0.375 e. The summed E-state index contributed by atoms with van der Waals surface area (Å²) in [6, 6.07) is 9.77. The third-order valence-electron chi connectivity index (χ3n) is 3.53. The molecule has 2 rings (SSSR count). The molecule has 0 unspecified atom stereocenters. The van der Waals surface area contributed by atoms with Gasteiger partial charge in [0.05, 0.1) is 24.7 Å². The molecular formula is C20H16N2O5. The molecule has 1 aromatic heterocycles. The first-order chi connectivity index (χ1) is 12.9. The second-order valence-corrected chi connectivity index (χ2v) is 5.48. The lowest BCUT2D eigenvalue weighted by molar-refractivity contribution is -0.154. The van der Waals surface area contributed by atoms with E-state index in [0.717, 1.165) is 6.08 Å². The largest absolute Gasteiger partial charge is 0.460 e. The second-order valence-electron chi connectivity index (χ2n) is 5.48. The summed E-state index contributed by atoms with van der Waals surface area (Å²) in [5, 5.41) is 8.78. The van der Waals surface area contributed by atoms with Gasteiger partial charge in [0, 0.05) is 23.0 Å². The number of ether oxygens (including phenoxy) is 1. The third-order valence-corrected chi connectivity index (χ3v) is 3.53. The van der Waals surface area contributed by atoms with Crippen LogP contribution in [0.25, 0.3) is 6.08 Å². The fourth-order valence-corrected chi connectivity index (χ4v) is 2.19. The maximum atomic E-state index is 12.4. The molecule has 0 radical (unpaired) electrons. The Hall–Kier alpha value is -3.79. The molecule has 1 heterocycles.